The Balaban J connectivity index is 0.00000141. The van der Waals surface area contributed by atoms with Gasteiger partial charge < -0.3 is 34.6 Å². The molecule has 0 radical (unpaired) electrons. The molecule has 2 aromatic heterocycles. The molecule has 0 aliphatic heterocycles. The van der Waals surface area contributed by atoms with E-state index in [9.17, 15) is 14.4 Å². The number of halogens is 1. The van der Waals surface area contributed by atoms with E-state index in [2.05, 4.69) is 115 Å². The molecule has 2 heterocycles. The van der Waals surface area contributed by atoms with E-state index in [1.165, 1.54) is 32.8 Å². The lowest BCUT2D eigenvalue weighted by Crippen LogP contribution is -2.37. The molecule has 1 unspecified atom stereocenters. The standard InChI is InChI=1S/C30H37ClN6O.C5H12.C4H7NO3.C3H8.C2H6/c1-7-19(3)37(27(38)8-2)18-26-32-20(4)28(33-26)23-13-9-21(10-14-23)22-11-15-24(16-12-22)29-30(31)35-25(34-29)17-36(5)6;1-3-5-4-2;1-8-4(7)5-2-3-6;1-3-2;1-2/h9-16,19H,7-8,17-18H2,1-6H3,(H,32,33)(H,34,35);3-5H2,1-2H3;3H,2H2,1H3,(H,5,7);3H2,1-2H3;1-2H3. The molecule has 3 N–H and O–H groups in total. The van der Waals surface area contributed by atoms with Crippen LogP contribution in [0.3, 0.4) is 0 Å². The second-order valence-electron chi connectivity index (χ2n) is 13.1. The number of hydrogen-bond acceptors (Lipinski definition) is 7. The number of aromatic amines is 2. The normalized spacial score (nSPS) is 10.6. The Morgan fingerprint density at radius 2 is 1.29 bits per heavy atom. The van der Waals surface area contributed by atoms with Gasteiger partial charge in [-0.25, -0.2) is 14.8 Å². The average molecular weight is 797 g/mol. The van der Waals surface area contributed by atoms with Crippen LogP contribution in [0.25, 0.3) is 33.6 Å². The molecule has 12 heteroatoms. The molecule has 0 saturated carbocycles. The van der Waals surface area contributed by atoms with E-state index in [1.54, 1.807) is 0 Å². The Bertz CT molecular complexity index is 1650. The van der Waals surface area contributed by atoms with Crippen molar-refractivity contribution in [2.45, 2.75) is 127 Å². The van der Waals surface area contributed by atoms with Crippen molar-refractivity contribution in [1.29, 1.82) is 0 Å². The molecule has 1 atom stereocenters. The molecule has 4 rings (SSSR count). The van der Waals surface area contributed by atoms with Gasteiger partial charge in [-0.1, -0.05) is 141 Å². The van der Waals surface area contributed by atoms with E-state index in [1.807, 2.05) is 51.6 Å². The number of H-pyrrole nitrogens is 2. The van der Waals surface area contributed by atoms with Crippen LogP contribution in [0.1, 0.15) is 118 Å². The molecule has 0 aliphatic carbocycles. The number of benzene rings is 2. The Morgan fingerprint density at radius 1 is 0.821 bits per heavy atom. The van der Waals surface area contributed by atoms with Gasteiger partial charge in [-0.15, -0.1) is 0 Å². The van der Waals surface area contributed by atoms with Crippen molar-refractivity contribution in [3.63, 3.8) is 0 Å². The summed E-state index contributed by atoms with van der Waals surface area (Å²) >= 11 is 6.42. The molecule has 2 amide bonds. The molecule has 0 bridgehead atoms. The third-order valence-corrected chi connectivity index (χ3v) is 8.32. The first-order chi connectivity index (χ1) is 26.8. The van der Waals surface area contributed by atoms with Crippen molar-refractivity contribution in [2.24, 2.45) is 0 Å². The lowest BCUT2D eigenvalue weighted by molar-refractivity contribution is -0.133. The third-order valence-electron chi connectivity index (χ3n) is 8.05. The number of aryl methyl sites for hydroxylation is 1. The molecule has 4 aromatic rings. The SMILES string of the molecule is CC.CCC.CCC(=O)N(Cc1nc(-c2ccc(-c3ccc(-c4nc(CN(C)C)[nH]c4Cl)cc3)cc2)c(C)[nH]1)C(C)CC.CCCCC.COC(=O)NCC=O. The number of aromatic nitrogens is 4. The zero-order chi connectivity index (χ0) is 42.6. The van der Waals surface area contributed by atoms with Crippen molar-refractivity contribution in [2.75, 3.05) is 27.7 Å². The van der Waals surface area contributed by atoms with Gasteiger partial charge in [0, 0.05) is 29.3 Å². The molecule has 312 valence electrons. The lowest BCUT2D eigenvalue weighted by Gasteiger charge is -2.27. The molecule has 0 spiro atoms. The summed E-state index contributed by atoms with van der Waals surface area (Å²) in [5.41, 5.74) is 6.92. The van der Waals surface area contributed by atoms with Gasteiger partial charge in [0.2, 0.25) is 5.91 Å². The fourth-order valence-corrected chi connectivity index (χ4v) is 5.37. The first-order valence-corrected chi connectivity index (χ1v) is 20.4. The molecule has 56 heavy (non-hydrogen) atoms. The highest BCUT2D eigenvalue weighted by Gasteiger charge is 2.20. The van der Waals surface area contributed by atoms with Crippen molar-refractivity contribution in [3.8, 4) is 33.6 Å². The van der Waals surface area contributed by atoms with E-state index >= 15 is 0 Å². The average Bonchev–Trinajstić information content (AvgIpc) is 3.77. The summed E-state index contributed by atoms with van der Waals surface area (Å²) in [4.78, 5) is 52.1. The Hall–Kier alpha value is -4.48. The number of carbonyl (C=O) groups excluding carboxylic acids is 3. The third kappa shape index (κ3) is 18.4. The number of nitrogens with one attached hydrogen (secondary N) is 3. The number of amides is 2. The Kier molecular flexibility index (Phi) is 27.4. The molecule has 0 aliphatic rings. The second-order valence-corrected chi connectivity index (χ2v) is 13.5. The highest BCUT2D eigenvalue weighted by Crippen LogP contribution is 2.30. The fourth-order valence-electron chi connectivity index (χ4n) is 5.11. The highest BCUT2D eigenvalue weighted by molar-refractivity contribution is 6.31. The van der Waals surface area contributed by atoms with Gasteiger partial charge in [0.25, 0.3) is 0 Å². The minimum atomic E-state index is -0.586. The number of imidazole rings is 2. The van der Waals surface area contributed by atoms with Gasteiger partial charge in [0.05, 0.1) is 32.4 Å². The Morgan fingerprint density at radius 3 is 1.70 bits per heavy atom. The van der Waals surface area contributed by atoms with Crippen molar-refractivity contribution in [1.82, 2.24) is 35.1 Å². The maximum atomic E-state index is 12.5. The monoisotopic (exact) mass is 796 g/mol. The highest BCUT2D eigenvalue weighted by atomic mass is 35.5. The minimum absolute atomic E-state index is 0.00662. The van der Waals surface area contributed by atoms with Gasteiger partial charge in [0.1, 0.15) is 28.8 Å². The maximum Gasteiger partial charge on any atom is 0.407 e. The van der Waals surface area contributed by atoms with E-state index in [4.69, 9.17) is 16.6 Å². The second kappa shape index (κ2) is 29.8. The zero-order valence-electron chi connectivity index (χ0n) is 36.4. The summed E-state index contributed by atoms with van der Waals surface area (Å²) < 4.78 is 4.14. The van der Waals surface area contributed by atoms with Crippen LogP contribution in [0.2, 0.25) is 5.15 Å². The van der Waals surface area contributed by atoms with E-state index in [-0.39, 0.29) is 18.5 Å². The van der Waals surface area contributed by atoms with Gasteiger partial charge in [-0.3, -0.25) is 4.79 Å². The van der Waals surface area contributed by atoms with Gasteiger partial charge >= 0.3 is 6.09 Å². The molecule has 0 fully saturated rings. The number of methoxy groups -OCH3 is 1. The molecular weight excluding hydrogens is 726 g/mol. The fraction of sp³-hybridized carbons (Fsp3) is 0.523. The van der Waals surface area contributed by atoms with Crippen LogP contribution in [0.4, 0.5) is 4.79 Å². The number of aldehydes is 1. The number of ether oxygens (including phenoxy) is 1. The summed E-state index contributed by atoms with van der Waals surface area (Å²) in [5.74, 6) is 1.80. The maximum absolute atomic E-state index is 12.5. The predicted octanol–water partition coefficient (Wildman–Crippen LogP) is 10.9. The van der Waals surface area contributed by atoms with E-state index in [0.717, 1.165) is 57.4 Å². The Labute approximate surface area is 342 Å². The molecular formula is C44H70ClN7O4. The largest absolute Gasteiger partial charge is 0.453 e. The van der Waals surface area contributed by atoms with Crippen LogP contribution in [0.15, 0.2) is 48.5 Å². The smallest absolute Gasteiger partial charge is 0.407 e. The first-order valence-electron chi connectivity index (χ1n) is 20.0. The topological polar surface area (TPSA) is 136 Å². The van der Waals surface area contributed by atoms with Crippen LogP contribution >= 0.6 is 11.6 Å². The summed E-state index contributed by atoms with van der Waals surface area (Å²) in [6, 6.07) is 16.9. The quantitative estimate of drug-likeness (QED) is 0.108. The molecule has 11 nitrogen and oxygen atoms in total. The number of unbranched alkanes of at least 4 members (excludes halogenated alkanes) is 2. The van der Waals surface area contributed by atoms with Crippen LogP contribution in [-0.2, 0) is 27.4 Å². The number of hydrogen-bond donors (Lipinski definition) is 3. The molecule has 0 saturated heterocycles. The van der Waals surface area contributed by atoms with Gasteiger partial charge in [-0.2, -0.15) is 0 Å². The number of rotatable bonds is 14. The molecule has 2 aromatic carbocycles. The summed E-state index contributed by atoms with van der Waals surface area (Å²) in [5, 5.41) is 2.71. The zero-order valence-corrected chi connectivity index (χ0v) is 37.2. The van der Waals surface area contributed by atoms with Gasteiger partial charge in [0.15, 0.2) is 0 Å². The summed E-state index contributed by atoms with van der Waals surface area (Å²) in [6.07, 6.45) is 6.72. The summed E-state index contributed by atoms with van der Waals surface area (Å²) in [7, 11) is 5.24. The van der Waals surface area contributed by atoms with E-state index < -0.39 is 6.09 Å². The number of alkyl carbamates (subject to hydrolysis) is 1. The number of carbonyl (C=O) groups is 3. The summed E-state index contributed by atoms with van der Waals surface area (Å²) in [6.45, 7) is 22.0. The van der Waals surface area contributed by atoms with Crippen LogP contribution in [0.5, 0.6) is 0 Å². The lowest BCUT2D eigenvalue weighted by atomic mass is 10.0. The number of nitrogens with zero attached hydrogens (tertiary/aromatic N) is 4. The van der Waals surface area contributed by atoms with Crippen molar-refractivity contribution in [3.05, 3.63) is 71.0 Å². The van der Waals surface area contributed by atoms with Crippen molar-refractivity contribution >= 4 is 29.9 Å². The van der Waals surface area contributed by atoms with Crippen LogP contribution < -0.4 is 5.32 Å². The van der Waals surface area contributed by atoms with Crippen molar-refractivity contribution < 1.29 is 19.1 Å². The van der Waals surface area contributed by atoms with Crippen LogP contribution in [0, 0.1) is 6.92 Å². The predicted molar refractivity (Wildman–Crippen MR) is 234 cm³/mol. The van der Waals surface area contributed by atoms with E-state index in [0.29, 0.717) is 30.9 Å². The first kappa shape index (κ1) is 51.5. The van der Waals surface area contributed by atoms with Crippen LogP contribution in [-0.4, -0.2) is 81.8 Å². The minimum Gasteiger partial charge on any atom is -0.453 e. The van der Waals surface area contributed by atoms with Gasteiger partial charge in [-0.05, 0) is 45.5 Å².